The molecule has 26 heavy (non-hydrogen) atoms. The van der Waals surface area contributed by atoms with E-state index in [2.05, 4.69) is 17.0 Å². The lowest BCUT2D eigenvalue weighted by Crippen LogP contribution is -2.39. The van der Waals surface area contributed by atoms with Gasteiger partial charge in [0.15, 0.2) is 0 Å². The van der Waals surface area contributed by atoms with Crippen LogP contribution in [0.15, 0.2) is 54.6 Å². The van der Waals surface area contributed by atoms with Crippen LogP contribution in [0.25, 0.3) is 5.57 Å². The van der Waals surface area contributed by atoms with Crippen molar-refractivity contribution < 1.29 is 13.6 Å². The van der Waals surface area contributed by atoms with Crippen molar-refractivity contribution in [3.8, 4) is 0 Å². The Labute approximate surface area is 152 Å². The van der Waals surface area contributed by atoms with Gasteiger partial charge >= 0.3 is 0 Å². The summed E-state index contributed by atoms with van der Waals surface area (Å²) in [5.74, 6) is -0.804. The standard InChI is InChI=1S/C21H22F2N2O/c22-18-7-8-20(23)19(14-18)17-13-21(16-5-2-1-3-6-16)24(15-17)11-12-26-25-9-4-10-25/h1-3,5-8,13-14,21H,4,9-12,15H2/t21-/m0/s1. The Morgan fingerprint density at radius 3 is 2.58 bits per heavy atom. The summed E-state index contributed by atoms with van der Waals surface area (Å²) in [7, 11) is 0. The molecule has 2 heterocycles. The maximum Gasteiger partial charge on any atom is 0.130 e. The molecule has 2 aromatic carbocycles. The molecule has 0 amide bonds. The fraction of sp³-hybridized carbons (Fsp3) is 0.333. The van der Waals surface area contributed by atoms with Gasteiger partial charge in [0.2, 0.25) is 0 Å². The fourth-order valence-corrected chi connectivity index (χ4v) is 3.46. The van der Waals surface area contributed by atoms with Crippen LogP contribution in [-0.4, -0.2) is 42.7 Å². The van der Waals surface area contributed by atoms with Gasteiger partial charge in [0.05, 0.1) is 12.6 Å². The maximum atomic E-state index is 14.2. The molecule has 1 saturated heterocycles. The lowest BCUT2D eigenvalue weighted by molar-refractivity contribution is -0.198. The minimum Gasteiger partial charge on any atom is -0.298 e. The lowest BCUT2D eigenvalue weighted by atomic mass is 10.0. The summed E-state index contributed by atoms with van der Waals surface area (Å²) in [5.41, 5.74) is 2.31. The molecule has 136 valence electrons. The van der Waals surface area contributed by atoms with Crippen LogP contribution in [0.4, 0.5) is 8.78 Å². The largest absolute Gasteiger partial charge is 0.298 e. The zero-order valence-electron chi connectivity index (χ0n) is 14.6. The van der Waals surface area contributed by atoms with E-state index >= 15 is 0 Å². The number of hydrogen-bond donors (Lipinski definition) is 0. The average Bonchev–Trinajstić information content (AvgIpc) is 3.04. The first-order valence-corrected chi connectivity index (χ1v) is 9.04. The van der Waals surface area contributed by atoms with Crippen LogP contribution in [0.5, 0.6) is 0 Å². The molecule has 0 N–H and O–H groups in total. The van der Waals surface area contributed by atoms with Crippen molar-refractivity contribution in [1.82, 2.24) is 9.96 Å². The Hall–Kier alpha value is -2.08. The highest BCUT2D eigenvalue weighted by atomic mass is 19.1. The monoisotopic (exact) mass is 356 g/mol. The van der Waals surface area contributed by atoms with Gasteiger partial charge in [-0.2, -0.15) is 5.06 Å². The minimum atomic E-state index is -0.418. The lowest BCUT2D eigenvalue weighted by Gasteiger charge is -2.31. The molecule has 0 unspecified atom stereocenters. The van der Waals surface area contributed by atoms with E-state index in [0.29, 0.717) is 18.7 Å². The van der Waals surface area contributed by atoms with Crippen LogP contribution < -0.4 is 0 Å². The predicted octanol–water partition coefficient (Wildman–Crippen LogP) is 4.04. The van der Waals surface area contributed by atoms with Crippen molar-refractivity contribution in [2.24, 2.45) is 0 Å². The molecule has 1 atom stereocenters. The van der Waals surface area contributed by atoms with Gasteiger partial charge in [-0.25, -0.2) is 8.78 Å². The summed E-state index contributed by atoms with van der Waals surface area (Å²) in [6.45, 7) is 3.87. The summed E-state index contributed by atoms with van der Waals surface area (Å²) in [4.78, 5) is 7.99. The van der Waals surface area contributed by atoms with Crippen molar-refractivity contribution in [3.05, 3.63) is 77.4 Å². The summed E-state index contributed by atoms with van der Waals surface area (Å²) < 4.78 is 27.9. The molecule has 3 nitrogen and oxygen atoms in total. The van der Waals surface area contributed by atoms with E-state index in [1.54, 1.807) is 0 Å². The number of hydroxylamine groups is 2. The van der Waals surface area contributed by atoms with Crippen LogP contribution >= 0.6 is 0 Å². The molecule has 0 aliphatic carbocycles. The first-order valence-electron chi connectivity index (χ1n) is 9.04. The third-order valence-electron chi connectivity index (χ3n) is 5.01. The quantitative estimate of drug-likeness (QED) is 0.777. The molecule has 0 aromatic heterocycles. The molecule has 0 spiro atoms. The summed E-state index contributed by atoms with van der Waals surface area (Å²) in [6.07, 6.45) is 3.22. The Bertz CT molecular complexity index is 790. The van der Waals surface area contributed by atoms with E-state index in [1.807, 2.05) is 29.3 Å². The topological polar surface area (TPSA) is 15.7 Å². The van der Waals surface area contributed by atoms with Crippen LogP contribution in [0.3, 0.4) is 0 Å². The smallest absolute Gasteiger partial charge is 0.130 e. The Morgan fingerprint density at radius 2 is 1.85 bits per heavy atom. The number of nitrogens with zero attached hydrogens (tertiary/aromatic N) is 2. The van der Waals surface area contributed by atoms with Gasteiger partial charge < -0.3 is 0 Å². The van der Waals surface area contributed by atoms with Gasteiger partial charge in [0, 0.05) is 31.7 Å². The highest BCUT2D eigenvalue weighted by Crippen LogP contribution is 2.35. The van der Waals surface area contributed by atoms with E-state index in [0.717, 1.165) is 36.8 Å². The average molecular weight is 356 g/mol. The molecule has 2 aromatic rings. The third-order valence-corrected chi connectivity index (χ3v) is 5.01. The van der Waals surface area contributed by atoms with E-state index in [9.17, 15) is 8.78 Å². The third kappa shape index (κ3) is 3.70. The molecule has 1 fully saturated rings. The first kappa shape index (κ1) is 17.3. The van der Waals surface area contributed by atoms with Gasteiger partial charge in [-0.15, -0.1) is 0 Å². The van der Waals surface area contributed by atoms with Crippen molar-refractivity contribution in [1.29, 1.82) is 0 Å². The second-order valence-corrected chi connectivity index (χ2v) is 6.76. The molecular weight excluding hydrogens is 334 g/mol. The van der Waals surface area contributed by atoms with E-state index in [4.69, 9.17) is 4.84 Å². The highest BCUT2D eigenvalue weighted by Gasteiger charge is 2.28. The van der Waals surface area contributed by atoms with Crippen molar-refractivity contribution in [2.45, 2.75) is 12.5 Å². The molecule has 2 aliphatic rings. The van der Waals surface area contributed by atoms with E-state index in [-0.39, 0.29) is 11.9 Å². The molecule has 0 saturated carbocycles. The number of rotatable bonds is 6. The molecule has 4 rings (SSSR count). The molecule has 0 radical (unpaired) electrons. The van der Waals surface area contributed by atoms with Gasteiger partial charge in [-0.3, -0.25) is 9.74 Å². The second-order valence-electron chi connectivity index (χ2n) is 6.76. The molecule has 5 heteroatoms. The van der Waals surface area contributed by atoms with E-state index in [1.165, 1.54) is 18.6 Å². The Kier molecular flexibility index (Phi) is 5.11. The zero-order valence-corrected chi connectivity index (χ0v) is 14.6. The number of benzene rings is 2. The second kappa shape index (κ2) is 7.66. The van der Waals surface area contributed by atoms with Crippen LogP contribution in [0.2, 0.25) is 0 Å². The van der Waals surface area contributed by atoms with E-state index < -0.39 is 5.82 Å². The normalized spacial score (nSPS) is 20.8. The minimum absolute atomic E-state index is 0.0360. The van der Waals surface area contributed by atoms with Crippen LogP contribution in [-0.2, 0) is 4.84 Å². The van der Waals surface area contributed by atoms with Gasteiger partial charge in [0.1, 0.15) is 11.6 Å². The maximum absolute atomic E-state index is 14.2. The molecule has 0 bridgehead atoms. The van der Waals surface area contributed by atoms with Gasteiger partial charge in [-0.1, -0.05) is 36.4 Å². The van der Waals surface area contributed by atoms with Crippen LogP contribution in [0, 0.1) is 11.6 Å². The highest BCUT2D eigenvalue weighted by molar-refractivity contribution is 5.70. The van der Waals surface area contributed by atoms with Gasteiger partial charge in [-0.05, 0) is 35.8 Å². The zero-order chi connectivity index (χ0) is 17.9. The summed E-state index contributed by atoms with van der Waals surface area (Å²) in [6, 6.07) is 13.8. The molecular formula is C21H22F2N2O. The summed E-state index contributed by atoms with van der Waals surface area (Å²) >= 11 is 0. The SMILES string of the molecule is Fc1ccc(F)c(C2=C[C@@H](c3ccccc3)N(CCON3CCC3)C2)c1. The van der Waals surface area contributed by atoms with Crippen molar-refractivity contribution in [2.75, 3.05) is 32.8 Å². The number of halogens is 2. The summed E-state index contributed by atoms with van der Waals surface area (Å²) in [5, 5.41) is 1.97. The number of hydrogen-bond acceptors (Lipinski definition) is 3. The predicted molar refractivity (Wildman–Crippen MR) is 97.2 cm³/mol. The first-order chi connectivity index (χ1) is 12.7. The van der Waals surface area contributed by atoms with Gasteiger partial charge in [0.25, 0.3) is 0 Å². The molecule has 2 aliphatic heterocycles. The fourth-order valence-electron chi connectivity index (χ4n) is 3.46. The Morgan fingerprint density at radius 1 is 1.04 bits per heavy atom. The Balaban J connectivity index is 1.54. The van der Waals surface area contributed by atoms with Crippen molar-refractivity contribution in [3.63, 3.8) is 0 Å². The van der Waals surface area contributed by atoms with Crippen LogP contribution in [0.1, 0.15) is 23.6 Å². The van der Waals surface area contributed by atoms with Crippen molar-refractivity contribution >= 4 is 5.57 Å².